The molecule has 5 nitrogen and oxygen atoms in total. The van der Waals surface area contributed by atoms with Crippen molar-refractivity contribution in [3.05, 3.63) is 64.0 Å². The predicted molar refractivity (Wildman–Crippen MR) is 112 cm³/mol. The Bertz CT molecular complexity index is 908. The summed E-state index contributed by atoms with van der Waals surface area (Å²) in [5.74, 6) is -0.227. The van der Waals surface area contributed by atoms with Gasteiger partial charge in [-0.05, 0) is 47.7 Å². The third kappa shape index (κ3) is 3.74. The van der Waals surface area contributed by atoms with E-state index < -0.39 is 0 Å². The monoisotopic (exact) mass is 399 g/mol. The molecule has 4 rings (SSSR count). The minimum atomic E-state index is -0.227. The third-order valence-corrected chi connectivity index (χ3v) is 5.69. The topological polar surface area (TPSA) is 56.6 Å². The van der Waals surface area contributed by atoms with Gasteiger partial charge in [-0.3, -0.25) is 15.1 Å². The van der Waals surface area contributed by atoms with Crippen molar-refractivity contribution in [1.82, 2.24) is 0 Å². The van der Waals surface area contributed by atoms with Crippen LogP contribution in [0.2, 0.25) is 5.02 Å². The lowest BCUT2D eigenvalue weighted by atomic mass is 10.1. The van der Waals surface area contributed by atoms with Crippen molar-refractivity contribution in [2.24, 2.45) is 0 Å². The average molecular weight is 400 g/mol. The molecule has 2 heterocycles. The van der Waals surface area contributed by atoms with E-state index in [1.54, 1.807) is 24.3 Å². The van der Waals surface area contributed by atoms with Gasteiger partial charge >= 0.3 is 0 Å². The quantitative estimate of drug-likeness (QED) is 0.784. The van der Waals surface area contributed by atoms with Crippen molar-refractivity contribution < 1.29 is 9.53 Å². The maximum atomic E-state index is 12.8. The van der Waals surface area contributed by atoms with Crippen LogP contribution in [0.25, 0.3) is 6.08 Å². The van der Waals surface area contributed by atoms with Crippen LogP contribution in [0.15, 0.2) is 53.4 Å². The molecule has 0 atom stereocenters. The van der Waals surface area contributed by atoms with Gasteiger partial charge in [0.05, 0.1) is 28.8 Å². The van der Waals surface area contributed by atoms with Gasteiger partial charge in [0.15, 0.2) is 5.17 Å². The zero-order valence-electron chi connectivity index (χ0n) is 14.5. The molecule has 0 unspecified atom stereocenters. The molecule has 2 aliphatic rings. The summed E-state index contributed by atoms with van der Waals surface area (Å²) in [4.78, 5) is 16.9. The number of thioether (sulfide) groups is 1. The number of nitrogens with zero attached hydrogens (tertiary/aromatic N) is 2. The highest BCUT2D eigenvalue weighted by Gasteiger charge is 2.34. The Balaban J connectivity index is 1.55. The first kappa shape index (κ1) is 18.1. The van der Waals surface area contributed by atoms with E-state index in [1.807, 2.05) is 18.2 Å². The first-order chi connectivity index (χ1) is 13.1. The number of hydrogen-bond acceptors (Lipinski definition) is 5. The molecule has 2 saturated heterocycles. The lowest BCUT2D eigenvalue weighted by Crippen LogP contribution is -2.36. The van der Waals surface area contributed by atoms with Crippen LogP contribution >= 0.6 is 23.4 Å². The van der Waals surface area contributed by atoms with Gasteiger partial charge < -0.3 is 9.64 Å². The largest absolute Gasteiger partial charge is 0.378 e. The minimum absolute atomic E-state index is 0.157. The van der Waals surface area contributed by atoms with Crippen LogP contribution in [-0.2, 0) is 9.53 Å². The smallest absolute Gasteiger partial charge is 0.271 e. The Kier molecular flexibility index (Phi) is 5.20. The summed E-state index contributed by atoms with van der Waals surface area (Å²) in [6, 6.07) is 15.2. The number of morpholine rings is 1. The van der Waals surface area contributed by atoms with E-state index in [9.17, 15) is 4.79 Å². The second-order valence-electron chi connectivity index (χ2n) is 6.20. The Labute approximate surface area is 167 Å². The number of para-hydroxylation sites is 1. The van der Waals surface area contributed by atoms with Crippen molar-refractivity contribution in [2.75, 3.05) is 36.1 Å². The number of nitrogens with one attached hydrogen (secondary N) is 1. The van der Waals surface area contributed by atoms with E-state index in [2.05, 4.69) is 17.0 Å². The maximum absolute atomic E-state index is 12.8. The van der Waals surface area contributed by atoms with E-state index in [-0.39, 0.29) is 11.1 Å². The Morgan fingerprint density at radius 1 is 1.07 bits per heavy atom. The highest BCUT2D eigenvalue weighted by atomic mass is 35.5. The van der Waals surface area contributed by atoms with Gasteiger partial charge in [-0.2, -0.15) is 0 Å². The molecule has 0 bridgehead atoms. The molecule has 1 N–H and O–H groups in total. The molecule has 0 saturated carbocycles. The third-order valence-electron chi connectivity index (χ3n) is 4.48. The zero-order valence-corrected chi connectivity index (χ0v) is 16.1. The SMILES string of the molecule is N=C1S/C(=C\c2ccc(N3CCOCC3)cc2)C(=O)N1c1ccccc1Cl. The molecule has 7 heteroatoms. The van der Waals surface area contributed by atoms with Crippen molar-refractivity contribution >= 4 is 51.9 Å². The number of halogens is 1. The Hall–Kier alpha value is -2.28. The van der Waals surface area contributed by atoms with E-state index in [4.69, 9.17) is 21.7 Å². The average Bonchev–Trinajstić information content (AvgIpc) is 2.97. The molecule has 0 aliphatic carbocycles. The molecular formula is C20H18ClN3O2S. The molecule has 0 spiro atoms. The summed E-state index contributed by atoms with van der Waals surface area (Å²) in [7, 11) is 0. The molecule has 2 aliphatic heterocycles. The molecule has 0 aromatic heterocycles. The summed E-state index contributed by atoms with van der Waals surface area (Å²) in [6.45, 7) is 3.27. The summed E-state index contributed by atoms with van der Waals surface area (Å²) in [6.07, 6.45) is 1.82. The normalized spacial score (nSPS) is 19.2. The van der Waals surface area contributed by atoms with E-state index in [0.717, 1.165) is 49.3 Å². The fourth-order valence-electron chi connectivity index (χ4n) is 3.09. The number of amides is 1. The summed E-state index contributed by atoms with van der Waals surface area (Å²) >= 11 is 7.35. The molecule has 2 aromatic carbocycles. The van der Waals surface area contributed by atoms with Gasteiger partial charge in [0.1, 0.15) is 0 Å². The number of amidine groups is 1. The maximum Gasteiger partial charge on any atom is 0.271 e. The van der Waals surface area contributed by atoms with Crippen molar-refractivity contribution in [3.8, 4) is 0 Å². The van der Waals surface area contributed by atoms with Crippen molar-refractivity contribution in [1.29, 1.82) is 5.41 Å². The lowest BCUT2D eigenvalue weighted by Gasteiger charge is -2.28. The molecule has 0 radical (unpaired) electrons. The number of carbonyl (C=O) groups is 1. The number of rotatable bonds is 3. The Morgan fingerprint density at radius 2 is 1.78 bits per heavy atom. The van der Waals surface area contributed by atoms with Crippen LogP contribution in [0.3, 0.4) is 0 Å². The highest BCUT2D eigenvalue weighted by Crippen LogP contribution is 2.38. The number of benzene rings is 2. The first-order valence-electron chi connectivity index (χ1n) is 8.63. The standard InChI is InChI=1S/C20H18ClN3O2S/c21-16-3-1-2-4-17(16)24-19(25)18(27-20(24)22)13-14-5-7-15(8-6-14)23-9-11-26-12-10-23/h1-8,13,22H,9-12H2/b18-13-,22-20?. The summed E-state index contributed by atoms with van der Waals surface area (Å²) < 4.78 is 5.38. The molecular weight excluding hydrogens is 382 g/mol. The number of hydrogen-bond donors (Lipinski definition) is 1. The van der Waals surface area contributed by atoms with Gasteiger partial charge in [-0.25, -0.2) is 0 Å². The first-order valence-corrected chi connectivity index (χ1v) is 9.83. The van der Waals surface area contributed by atoms with Gasteiger partial charge in [0.2, 0.25) is 0 Å². The van der Waals surface area contributed by atoms with Crippen LogP contribution in [0.4, 0.5) is 11.4 Å². The minimum Gasteiger partial charge on any atom is -0.378 e. The number of ether oxygens (including phenoxy) is 1. The predicted octanol–water partition coefficient (Wildman–Crippen LogP) is 4.23. The summed E-state index contributed by atoms with van der Waals surface area (Å²) in [5.41, 5.74) is 2.61. The van der Waals surface area contributed by atoms with E-state index in [0.29, 0.717) is 15.6 Å². The molecule has 2 fully saturated rings. The van der Waals surface area contributed by atoms with Crippen molar-refractivity contribution in [3.63, 3.8) is 0 Å². The van der Waals surface area contributed by atoms with Gasteiger partial charge in [-0.1, -0.05) is 35.9 Å². The lowest BCUT2D eigenvalue weighted by molar-refractivity contribution is -0.113. The second kappa shape index (κ2) is 7.76. The van der Waals surface area contributed by atoms with E-state index in [1.165, 1.54) is 4.90 Å². The Morgan fingerprint density at radius 3 is 2.48 bits per heavy atom. The molecule has 138 valence electrons. The van der Waals surface area contributed by atoms with Crippen LogP contribution in [-0.4, -0.2) is 37.4 Å². The fourth-order valence-corrected chi connectivity index (χ4v) is 4.17. The van der Waals surface area contributed by atoms with Crippen LogP contribution in [0.5, 0.6) is 0 Å². The zero-order chi connectivity index (χ0) is 18.8. The second-order valence-corrected chi connectivity index (χ2v) is 7.64. The van der Waals surface area contributed by atoms with E-state index >= 15 is 0 Å². The number of carbonyl (C=O) groups excluding carboxylic acids is 1. The summed E-state index contributed by atoms with van der Waals surface area (Å²) in [5, 5.41) is 8.79. The van der Waals surface area contributed by atoms with Gasteiger partial charge in [0, 0.05) is 18.8 Å². The molecule has 27 heavy (non-hydrogen) atoms. The fraction of sp³-hybridized carbons (Fsp3) is 0.200. The van der Waals surface area contributed by atoms with Gasteiger partial charge in [-0.15, -0.1) is 0 Å². The van der Waals surface area contributed by atoms with Gasteiger partial charge in [0.25, 0.3) is 5.91 Å². The van der Waals surface area contributed by atoms with Crippen LogP contribution in [0, 0.1) is 5.41 Å². The van der Waals surface area contributed by atoms with Crippen LogP contribution in [0.1, 0.15) is 5.56 Å². The molecule has 2 aromatic rings. The highest BCUT2D eigenvalue weighted by molar-refractivity contribution is 8.19. The molecule has 1 amide bonds. The van der Waals surface area contributed by atoms with Crippen molar-refractivity contribution in [2.45, 2.75) is 0 Å². The van der Waals surface area contributed by atoms with Crippen LogP contribution < -0.4 is 9.80 Å². The number of anilines is 2.